The molecule has 2 N–H and O–H groups in total. The molecule has 0 unspecified atom stereocenters. The SMILES string of the molecule is CCN(CC)c1ccc(Nc2nccc(NC3CCCCC3)n2)cc1. The van der Waals surface area contributed by atoms with E-state index in [1.807, 2.05) is 12.3 Å². The summed E-state index contributed by atoms with van der Waals surface area (Å²) < 4.78 is 0. The van der Waals surface area contributed by atoms with E-state index < -0.39 is 0 Å². The maximum atomic E-state index is 4.61. The second-order valence-corrected chi connectivity index (χ2v) is 6.59. The molecule has 5 nitrogen and oxygen atoms in total. The van der Waals surface area contributed by atoms with E-state index in [1.165, 1.54) is 37.8 Å². The number of benzene rings is 1. The third kappa shape index (κ3) is 4.84. The number of hydrogen-bond donors (Lipinski definition) is 2. The summed E-state index contributed by atoms with van der Waals surface area (Å²) >= 11 is 0. The first-order valence-electron chi connectivity index (χ1n) is 9.50. The number of aromatic nitrogens is 2. The second-order valence-electron chi connectivity index (χ2n) is 6.59. The molecule has 1 saturated carbocycles. The molecule has 0 atom stereocenters. The summed E-state index contributed by atoms with van der Waals surface area (Å²) in [5.41, 5.74) is 2.25. The van der Waals surface area contributed by atoms with Gasteiger partial charge in [-0.1, -0.05) is 19.3 Å². The monoisotopic (exact) mass is 339 g/mol. The summed E-state index contributed by atoms with van der Waals surface area (Å²) in [5.74, 6) is 1.54. The molecule has 1 fully saturated rings. The van der Waals surface area contributed by atoms with E-state index in [0.29, 0.717) is 12.0 Å². The highest BCUT2D eigenvalue weighted by Crippen LogP contribution is 2.22. The Balaban J connectivity index is 1.63. The quantitative estimate of drug-likeness (QED) is 0.758. The highest BCUT2D eigenvalue weighted by molar-refractivity contribution is 5.60. The topological polar surface area (TPSA) is 53.1 Å². The van der Waals surface area contributed by atoms with Crippen molar-refractivity contribution >= 4 is 23.1 Å². The predicted octanol–water partition coefficient (Wildman–Crippen LogP) is 4.81. The fraction of sp³-hybridized carbons (Fsp3) is 0.500. The average Bonchev–Trinajstić information content (AvgIpc) is 2.65. The number of hydrogen-bond acceptors (Lipinski definition) is 5. The molecule has 0 aliphatic heterocycles. The van der Waals surface area contributed by atoms with Gasteiger partial charge in [-0.3, -0.25) is 0 Å². The summed E-state index contributed by atoms with van der Waals surface area (Å²) in [4.78, 5) is 11.3. The normalized spacial score (nSPS) is 15.0. The Morgan fingerprint density at radius 2 is 1.72 bits per heavy atom. The van der Waals surface area contributed by atoms with Crippen LogP contribution in [0.2, 0.25) is 0 Å². The largest absolute Gasteiger partial charge is 0.372 e. The van der Waals surface area contributed by atoms with Crippen molar-refractivity contribution < 1.29 is 0 Å². The van der Waals surface area contributed by atoms with Crippen LogP contribution < -0.4 is 15.5 Å². The van der Waals surface area contributed by atoms with E-state index in [4.69, 9.17) is 0 Å². The second kappa shape index (κ2) is 8.70. The summed E-state index contributed by atoms with van der Waals surface area (Å²) in [5, 5.41) is 6.85. The number of anilines is 4. The van der Waals surface area contributed by atoms with Crippen molar-refractivity contribution in [2.75, 3.05) is 28.6 Å². The first-order chi connectivity index (χ1) is 12.3. The maximum Gasteiger partial charge on any atom is 0.229 e. The molecular formula is C20H29N5. The molecule has 2 aromatic rings. The lowest BCUT2D eigenvalue weighted by atomic mass is 9.95. The average molecular weight is 339 g/mol. The molecule has 25 heavy (non-hydrogen) atoms. The van der Waals surface area contributed by atoms with Gasteiger partial charge < -0.3 is 15.5 Å². The lowest BCUT2D eigenvalue weighted by molar-refractivity contribution is 0.462. The summed E-state index contributed by atoms with van der Waals surface area (Å²) in [6, 6.07) is 10.9. The molecule has 0 amide bonds. The van der Waals surface area contributed by atoms with Crippen LogP contribution in [-0.4, -0.2) is 29.1 Å². The van der Waals surface area contributed by atoms with Gasteiger partial charge >= 0.3 is 0 Å². The number of nitrogens with one attached hydrogen (secondary N) is 2. The van der Waals surface area contributed by atoms with Gasteiger partial charge in [-0.25, -0.2) is 4.98 Å². The van der Waals surface area contributed by atoms with Crippen molar-refractivity contribution in [2.45, 2.75) is 52.0 Å². The maximum absolute atomic E-state index is 4.61. The highest BCUT2D eigenvalue weighted by atomic mass is 15.1. The first-order valence-corrected chi connectivity index (χ1v) is 9.50. The van der Waals surface area contributed by atoms with Gasteiger partial charge in [-0.05, 0) is 57.0 Å². The van der Waals surface area contributed by atoms with Crippen LogP contribution in [0.15, 0.2) is 36.5 Å². The molecule has 134 valence electrons. The van der Waals surface area contributed by atoms with Crippen molar-refractivity contribution in [2.24, 2.45) is 0 Å². The minimum absolute atomic E-state index is 0.546. The molecule has 1 aliphatic carbocycles. The zero-order chi connectivity index (χ0) is 17.5. The van der Waals surface area contributed by atoms with E-state index in [1.54, 1.807) is 0 Å². The summed E-state index contributed by atoms with van der Waals surface area (Å²) in [6.07, 6.45) is 8.27. The fourth-order valence-electron chi connectivity index (χ4n) is 3.43. The molecule has 0 bridgehead atoms. The Labute approximate surface area is 150 Å². The standard InChI is InChI=1S/C20H29N5/c1-3-25(4-2)18-12-10-17(11-13-18)23-20-21-15-14-19(24-20)22-16-8-6-5-7-9-16/h10-16H,3-9H2,1-2H3,(H2,21,22,23,24). The smallest absolute Gasteiger partial charge is 0.229 e. The summed E-state index contributed by atoms with van der Waals surface area (Å²) in [7, 11) is 0. The molecule has 0 radical (unpaired) electrons. The van der Waals surface area contributed by atoms with Crippen molar-refractivity contribution in [3.63, 3.8) is 0 Å². The molecule has 3 rings (SSSR count). The van der Waals surface area contributed by atoms with Gasteiger partial charge in [-0.15, -0.1) is 0 Å². The van der Waals surface area contributed by atoms with Crippen LogP contribution in [-0.2, 0) is 0 Å². The molecule has 0 spiro atoms. The van der Waals surface area contributed by atoms with Gasteiger partial charge in [0.1, 0.15) is 5.82 Å². The Morgan fingerprint density at radius 3 is 2.40 bits per heavy atom. The van der Waals surface area contributed by atoms with E-state index in [0.717, 1.165) is 24.6 Å². The van der Waals surface area contributed by atoms with Gasteiger partial charge in [0.2, 0.25) is 5.95 Å². The van der Waals surface area contributed by atoms with Crippen LogP contribution in [0.25, 0.3) is 0 Å². The van der Waals surface area contributed by atoms with Gasteiger partial charge in [0.15, 0.2) is 0 Å². The minimum Gasteiger partial charge on any atom is -0.372 e. The zero-order valence-electron chi connectivity index (χ0n) is 15.3. The van der Waals surface area contributed by atoms with Crippen LogP contribution in [0.3, 0.4) is 0 Å². The Bertz CT molecular complexity index is 645. The minimum atomic E-state index is 0.546. The molecule has 5 heteroatoms. The summed E-state index contributed by atoms with van der Waals surface area (Å²) in [6.45, 7) is 6.38. The lowest BCUT2D eigenvalue weighted by Crippen LogP contribution is -2.23. The van der Waals surface area contributed by atoms with Gasteiger partial charge in [0.25, 0.3) is 0 Å². The van der Waals surface area contributed by atoms with E-state index in [9.17, 15) is 0 Å². The number of rotatable bonds is 7. The van der Waals surface area contributed by atoms with E-state index >= 15 is 0 Å². The third-order valence-electron chi connectivity index (χ3n) is 4.86. The third-order valence-corrected chi connectivity index (χ3v) is 4.86. The molecule has 1 aromatic heterocycles. The van der Waals surface area contributed by atoms with E-state index in [-0.39, 0.29) is 0 Å². The van der Waals surface area contributed by atoms with Crippen molar-refractivity contribution in [3.05, 3.63) is 36.5 Å². The first kappa shape index (κ1) is 17.5. The van der Waals surface area contributed by atoms with Gasteiger partial charge in [-0.2, -0.15) is 4.98 Å². The molecule has 0 saturated heterocycles. The Hall–Kier alpha value is -2.30. The van der Waals surface area contributed by atoms with Crippen molar-refractivity contribution in [1.29, 1.82) is 0 Å². The number of nitrogens with zero attached hydrogens (tertiary/aromatic N) is 3. The predicted molar refractivity (Wildman–Crippen MR) is 106 cm³/mol. The molecule has 1 aromatic carbocycles. The van der Waals surface area contributed by atoms with E-state index in [2.05, 4.69) is 63.6 Å². The highest BCUT2D eigenvalue weighted by Gasteiger charge is 2.13. The molecule has 1 aliphatic rings. The van der Waals surface area contributed by atoms with Crippen LogP contribution in [0.4, 0.5) is 23.1 Å². The zero-order valence-corrected chi connectivity index (χ0v) is 15.3. The molecule has 1 heterocycles. The van der Waals surface area contributed by atoms with Crippen LogP contribution in [0.5, 0.6) is 0 Å². The van der Waals surface area contributed by atoms with Crippen LogP contribution >= 0.6 is 0 Å². The lowest BCUT2D eigenvalue weighted by Gasteiger charge is -2.23. The Morgan fingerprint density at radius 1 is 1.00 bits per heavy atom. The van der Waals surface area contributed by atoms with Gasteiger partial charge in [0.05, 0.1) is 0 Å². The fourth-order valence-corrected chi connectivity index (χ4v) is 3.43. The van der Waals surface area contributed by atoms with Gasteiger partial charge in [0, 0.05) is 36.7 Å². The Kier molecular flexibility index (Phi) is 6.09. The van der Waals surface area contributed by atoms with Crippen LogP contribution in [0.1, 0.15) is 46.0 Å². The van der Waals surface area contributed by atoms with Crippen LogP contribution in [0, 0.1) is 0 Å². The molecular weight excluding hydrogens is 310 g/mol. The van der Waals surface area contributed by atoms with Crippen molar-refractivity contribution in [1.82, 2.24) is 9.97 Å². The van der Waals surface area contributed by atoms with Crippen molar-refractivity contribution in [3.8, 4) is 0 Å².